The molecule has 1 aliphatic rings. The van der Waals surface area contributed by atoms with Crippen LogP contribution in [0.25, 0.3) is 0 Å². The molecule has 2 N–H and O–H groups in total. The van der Waals surface area contributed by atoms with Crippen molar-refractivity contribution in [2.24, 2.45) is 11.0 Å². The number of halogens is 1. The highest BCUT2D eigenvalue weighted by atomic mass is 19.1. The summed E-state index contributed by atoms with van der Waals surface area (Å²) >= 11 is 0. The van der Waals surface area contributed by atoms with E-state index in [1.54, 1.807) is 19.1 Å². The van der Waals surface area contributed by atoms with E-state index in [0.717, 1.165) is 24.1 Å². The number of carbonyl (C=O) groups is 2. The second-order valence-corrected chi connectivity index (χ2v) is 5.99. The van der Waals surface area contributed by atoms with Gasteiger partial charge in [0.2, 0.25) is 5.91 Å². The first-order chi connectivity index (χ1) is 12.0. The molecule has 0 aromatic heterocycles. The fourth-order valence-corrected chi connectivity index (χ4v) is 2.25. The zero-order valence-electron chi connectivity index (χ0n) is 13.8. The SMILES string of the molecule is C/C(=N/NC(=O)c1ccc(F)cc1)c1ccc(NC(=O)C2CC2)cc1. The number of hydrogen-bond donors (Lipinski definition) is 2. The lowest BCUT2D eigenvalue weighted by Gasteiger charge is -2.06. The molecule has 0 spiro atoms. The van der Waals surface area contributed by atoms with Gasteiger partial charge in [-0.3, -0.25) is 9.59 Å². The van der Waals surface area contributed by atoms with Gasteiger partial charge in [0.15, 0.2) is 0 Å². The number of amides is 2. The van der Waals surface area contributed by atoms with Crippen molar-refractivity contribution < 1.29 is 14.0 Å². The van der Waals surface area contributed by atoms with E-state index >= 15 is 0 Å². The Morgan fingerprint density at radius 1 is 1.00 bits per heavy atom. The number of carbonyl (C=O) groups excluding carboxylic acids is 2. The van der Waals surface area contributed by atoms with Gasteiger partial charge in [0.25, 0.3) is 5.91 Å². The highest BCUT2D eigenvalue weighted by Crippen LogP contribution is 2.30. The third-order valence-electron chi connectivity index (χ3n) is 3.95. The molecule has 0 heterocycles. The Labute approximate surface area is 144 Å². The predicted octanol–water partition coefficient (Wildman–Crippen LogP) is 3.33. The molecule has 3 rings (SSSR count). The Balaban J connectivity index is 1.60. The standard InChI is InChI=1S/C19H18FN3O2/c1-12(22-23-19(25)15-4-8-16(20)9-5-15)13-6-10-17(11-7-13)21-18(24)14-2-3-14/h4-11,14H,2-3H2,1H3,(H,21,24)(H,23,25)/b22-12-. The minimum atomic E-state index is -0.410. The van der Waals surface area contributed by atoms with E-state index in [-0.39, 0.29) is 11.8 Å². The van der Waals surface area contributed by atoms with Crippen molar-refractivity contribution in [2.75, 3.05) is 5.32 Å². The highest BCUT2D eigenvalue weighted by Gasteiger charge is 2.29. The van der Waals surface area contributed by atoms with Gasteiger partial charge in [0.1, 0.15) is 5.82 Å². The second kappa shape index (κ2) is 7.25. The number of benzene rings is 2. The first-order valence-corrected chi connectivity index (χ1v) is 8.04. The van der Waals surface area contributed by atoms with Gasteiger partial charge in [0, 0.05) is 17.2 Å². The Kier molecular flexibility index (Phi) is 4.88. The van der Waals surface area contributed by atoms with Gasteiger partial charge in [-0.05, 0) is 61.7 Å². The second-order valence-electron chi connectivity index (χ2n) is 5.99. The Morgan fingerprint density at radius 2 is 1.60 bits per heavy atom. The predicted molar refractivity (Wildman–Crippen MR) is 93.9 cm³/mol. The maximum atomic E-state index is 12.9. The molecule has 0 bridgehead atoms. The monoisotopic (exact) mass is 339 g/mol. The van der Waals surface area contributed by atoms with Crippen LogP contribution in [0, 0.1) is 11.7 Å². The summed E-state index contributed by atoms with van der Waals surface area (Å²) in [4.78, 5) is 23.7. The van der Waals surface area contributed by atoms with Crippen molar-refractivity contribution in [3.8, 4) is 0 Å². The van der Waals surface area contributed by atoms with Crippen LogP contribution in [-0.4, -0.2) is 17.5 Å². The number of rotatable bonds is 5. The van der Waals surface area contributed by atoms with Crippen LogP contribution in [0.2, 0.25) is 0 Å². The van der Waals surface area contributed by atoms with Gasteiger partial charge in [-0.25, -0.2) is 9.82 Å². The Hall–Kier alpha value is -3.02. The van der Waals surface area contributed by atoms with Gasteiger partial charge in [-0.1, -0.05) is 12.1 Å². The van der Waals surface area contributed by atoms with Gasteiger partial charge in [0.05, 0.1) is 5.71 Å². The van der Waals surface area contributed by atoms with Gasteiger partial charge >= 0.3 is 0 Å². The van der Waals surface area contributed by atoms with Crippen molar-refractivity contribution in [3.05, 3.63) is 65.5 Å². The van der Waals surface area contributed by atoms with Crippen LogP contribution < -0.4 is 10.7 Å². The molecule has 2 aromatic rings. The lowest BCUT2D eigenvalue weighted by Crippen LogP contribution is -2.19. The van der Waals surface area contributed by atoms with Crippen molar-refractivity contribution in [3.63, 3.8) is 0 Å². The van der Waals surface area contributed by atoms with E-state index in [1.807, 2.05) is 12.1 Å². The summed E-state index contributed by atoms with van der Waals surface area (Å²) in [5, 5.41) is 6.93. The summed E-state index contributed by atoms with van der Waals surface area (Å²) in [7, 11) is 0. The molecular weight excluding hydrogens is 321 g/mol. The third-order valence-corrected chi connectivity index (χ3v) is 3.95. The molecule has 5 nitrogen and oxygen atoms in total. The molecule has 0 unspecified atom stereocenters. The van der Waals surface area contributed by atoms with Crippen LogP contribution in [-0.2, 0) is 4.79 Å². The summed E-state index contributed by atoms with van der Waals surface area (Å²) < 4.78 is 12.9. The zero-order valence-corrected chi connectivity index (χ0v) is 13.8. The molecule has 6 heteroatoms. The molecule has 1 fully saturated rings. The first-order valence-electron chi connectivity index (χ1n) is 8.04. The van der Waals surface area contributed by atoms with E-state index in [0.29, 0.717) is 11.3 Å². The van der Waals surface area contributed by atoms with Crippen LogP contribution in [0.15, 0.2) is 53.6 Å². The molecule has 25 heavy (non-hydrogen) atoms. The summed E-state index contributed by atoms with van der Waals surface area (Å²) in [5.74, 6) is -0.591. The van der Waals surface area contributed by atoms with E-state index in [9.17, 15) is 14.0 Å². The van der Waals surface area contributed by atoms with Gasteiger partial charge < -0.3 is 5.32 Å². The van der Waals surface area contributed by atoms with Gasteiger partial charge in [-0.2, -0.15) is 5.10 Å². The maximum absolute atomic E-state index is 12.9. The lowest BCUT2D eigenvalue weighted by atomic mass is 10.1. The maximum Gasteiger partial charge on any atom is 0.271 e. The summed E-state index contributed by atoms with van der Waals surface area (Å²) in [6, 6.07) is 12.5. The normalized spacial score (nSPS) is 14.1. The van der Waals surface area contributed by atoms with Crippen LogP contribution in [0.3, 0.4) is 0 Å². The van der Waals surface area contributed by atoms with Crippen molar-refractivity contribution >= 4 is 23.2 Å². The molecule has 1 aliphatic carbocycles. The van der Waals surface area contributed by atoms with Crippen LogP contribution in [0.4, 0.5) is 10.1 Å². The number of nitrogens with zero attached hydrogens (tertiary/aromatic N) is 1. The number of hydrazone groups is 1. The minimum absolute atomic E-state index is 0.0599. The van der Waals surface area contributed by atoms with Crippen LogP contribution >= 0.6 is 0 Å². The van der Waals surface area contributed by atoms with E-state index < -0.39 is 11.7 Å². The number of nitrogens with one attached hydrogen (secondary N) is 2. The number of anilines is 1. The molecular formula is C19H18FN3O2. The summed E-state index contributed by atoms with van der Waals surface area (Å²) in [6.45, 7) is 1.77. The molecule has 2 aromatic carbocycles. The third kappa shape index (κ3) is 4.50. The zero-order chi connectivity index (χ0) is 17.8. The Morgan fingerprint density at radius 3 is 2.20 bits per heavy atom. The number of hydrogen-bond acceptors (Lipinski definition) is 3. The lowest BCUT2D eigenvalue weighted by molar-refractivity contribution is -0.117. The fraction of sp³-hybridized carbons (Fsp3) is 0.211. The minimum Gasteiger partial charge on any atom is -0.326 e. The van der Waals surface area contributed by atoms with E-state index in [4.69, 9.17) is 0 Å². The van der Waals surface area contributed by atoms with Crippen LogP contribution in [0.5, 0.6) is 0 Å². The molecule has 2 amide bonds. The summed E-state index contributed by atoms with van der Waals surface area (Å²) in [6.07, 6.45) is 1.92. The molecule has 1 saturated carbocycles. The van der Waals surface area contributed by atoms with Gasteiger partial charge in [-0.15, -0.1) is 0 Å². The topological polar surface area (TPSA) is 70.6 Å². The van der Waals surface area contributed by atoms with Crippen molar-refractivity contribution in [1.82, 2.24) is 5.43 Å². The summed E-state index contributed by atoms with van der Waals surface area (Å²) in [5.41, 5.74) is 4.96. The Bertz CT molecular complexity index is 810. The highest BCUT2D eigenvalue weighted by molar-refractivity contribution is 6.01. The average molecular weight is 339 g/mol. The largest absolute Gasteiger partial charge is 0.326 e. The van der Waals surface area contributed by atoms with Crippen molar-refractivity contribution in [1.29, 1.82) is 0 Å². The molecule has 0 radical (unpaired) electrons. The van der Waals surface area contributed by atoms with E-state index in [2.05, 4.69) is 15.8 Å². The van der Waals surface area contributed by atoms with Crippen molar-refractivity contribution in [2.45, 2.75) is 19.8 Å². The first kappa shape index (κ1) is 16.8. The fourth-order valence-electron chi connectivity index (χ4n) is 2.25. The average Bonchev–Trinajstić information content (AvgIpc) is 3.46. The molecule has 0 saturated heterocycles. The molecule has 0 atom stereocenters. The quantitative estimate of drug-likeness (QED) is 0.648. The smallest absolute Gasteiger partial charge is 0.271 e. The molecule has 128 valence electrons. The van der Waals surface area contributed by atoms with Crippen LogP contribution in [0.1, 0.15) is 35.7 Å². The molecule has 0 aliphatic heterocycles. The van der Waals surface area contributed by atoms with E-state index in [1.165, 1.54) is 24.3 Å².